The highest BCUT2D eigenvalue weighted by molar-refractivity contribution is 4.99. The minimum absolute atomic E-state index is 0.243. The van der Waals surface area contributed by atoms with Gasteiger partial charge < -0.3 is 4.90 Å². The Bertz CT molecular complexity index is 189. The van der Waals surface area contributed by atoms with Crippen LogP contribution in [0, 0.1) is 12.3 Å². The summed E-state index contributed by atoms with van der Waals surface area (Å²) in [6.45, 7) is 8.01. The molecule has 1 fully saturated rings. The third-order valence-electron chi connectivity index (χ3n) is 2.83. The monoisotopic (exact) mass is 194 g/mol. The second-order valence-corrected chi connectivity index (χ2v) is 4.20. The van der Waals surface area contributed by atoms with Gasteiger partial charge in [0.25, 0.3) is 0 Å². The van der Waals surface area contributed by atoms with Gasteiger partial charge in [0.05, 0.1) is 6.04 Å². The Labute approximate surface area is 88.1 Å². The van der Waals surface area contributed by atoms with Crippen LogP contribution in [0.4, 0.5) is 0 Å². The number of terminal acetylenes is 1. The first kappa shape index (κ1) is 11.6. The number of hydrogen-bond donors (Lipinski definition) is 1. The van der Waals surface area contributed by atoms with E-state index < -0.39 is 0 Å². The molecule has 0 aromatic rings. The second kappa shape index (κ2) is 6.06. The summed E-state index contributed by atoms with van der Waals surface area (Å²) in [5.74, 6) is 2.78. The van der Waals surface area contributed by atoms with Crippen molar-refractivity contribution in [3.8, 4) is 12.3 Å². The van der Waals surface area contributed by atoms with E-state index in [1.807, 2.05) is 0 Å². The molecule has 1 saturated heterocycles. The Balaban J connectivity index is 2.20. The van der Waals surface area contributed by atoms with Gasteiger partial charge in [0.1, 0.15) is 0 Å². The van der Waals surface area contributed by atoms with Crippen molar-refractivity contribution in [2.45, 2.75) is 45.2 Å². The predicted octanol–water partition coefficient (Wildman–Crippen LogP) is 1.47. The maximum atomic E-state index is 5.41. The zero-order valence-corrected chi connectivity index (χ0v) is 9.42. The van der Waals surface area contributed by atoms with Crippen molar-refractivity contribution in [2.24, 2.45) is 0 Å². The fourth-order valence-corrected chi connectivity index (χ4v) is 2.03. The van der Waals surface area contributed by atoms with Gasteiger partial charge >= 0.3 is 0 Å². The van der Waals surface area contributed by atoms with Crippen LogP contribution in [-0.4, -0.2) is 36.6 Å². The first-order chi connectivity index (χ1) is 6.76. The third-order valence-corrected chi connectivity index (χ3v) is 2.83. The predicted molar refractivity (Wildman–Crippen MR) is 61.2 cm³/mol. The van der Waals surface area contributed by atoms with Crippen LogP contribution >= 0.6 is 0 Å². The molecule has 1 aliphatic heterocycles. The van der Waals surface area contributed by atoms with E-state index in [4.69, 9.17) is 6.42 Å². The molecule has 14 heavy (non-hydrogen) atoms. The van der Waals surface area contributed by atoms with Crippen molar-refractivity contribution in [3.63, 3.8) is 0 Å². The molecule has 0 bridgehead atoms. The molecule has 2 unspecified atom stereocenters. The fraction of sp³-hybridized carbons (Fsp3) is 0.833. The summed E-state index contributed by atoms with van der Waals surface area (Å²) in [7, 11) is 0. The fourth-order valence-electron chi connectivity index (χ4n) is 2.03. The van der Waals surface area contributed by atoms with E-state index in [0.29, 0.717) is 6.04 Å². The van der Waals surface area contributed by atoms with E-state index in [1.54, 1.807) is 0 Å². The molecule has 0 aliphatic carbocycles. The van der Waals surface area contributed by atoms with Crippen LogP contribution in [-0.2, 0) is 0 Å². The van der Waals surface area contributed by atoms with Crippen molar-refractivity contribution in [1.29, 1.82) is 0 Å². The summed E-state index contributed by atoms with van der Waals surface area (Å²) in [4.78, 5) is 2.51. The molecule has 0 amide bonds. The van der Waals surface area contributed by atoms with Gasteiger partial charge in [-0.25, -0.2) is 0 Å². The maximum absolute atomic E-state index is 5.41. The second-order valence-electron chi connectivity index (χ2n) is 4.20. The van der Waals surface area contributed by atoms with Gasteiger partial charge in [-0.1, -0.05) is 12.8 Å². The lowest BCUT2D eigenvalue weighted by molar-refractivity contribution is 0.293. The first-order valence-corrected chi connectivity index (χ1v) is 5.70. The molecule has 0 spiro atoms. The van der Waals surface area contributed by atoms with E-state index in [1.165, 1.54) is 25.9 Å². The number of nitrogens with zero attached hydrogens (tertiary/aromatic N) is 1. The van der Waals surface area contributed by atoms with Crippen LogP contribution in [0.1, 0.15) is 33.1 Å². The number of rotatable bonds is 5. The number of nitrogens with one attached hydrogen (secondary N) is 1. The molecule has 1 aliphatic rings. The van der Waals surface area contributed by atoms with E-state index >= 15 is 0 Å². The van der Waals surface area contributed by atoms with Crippen LogP contribution < -0.4 is 5.32 Å². The van der Waals surface area contributed by atoms with Crippen molar-refractivity contribution in [2.75, 3.05) is 19.6 Å². The van der Waals surface area contributed by atoms with Gasteiger partial charge in [0.2, 0.25) is 0 Å². The minimum Gasteiger partial charge on any atom is -0.302 e. The lowest BCUT2D eigenvalue weighted by Crippen LogP contribution is -2.42. The van der Waals surface area contributed by atoms with Gasteiger partial charge in [-0.3, -0.25) is 5.32 Å². The van der Waals surface area contributed by atoms with E-state index in [2.05, 4.69) is 30.0 Å². The van der Waals surface area contributed by atoms with Crippen molar-refractivity contribution in [1.82, 2.24) is 10.2 Å². The van der Waals surface area contributed by atoms with Crippen LogP contribution in [0.15, 0.2) is 0 Å². The Kier molecular flexibility index (Phi) is 5.00. The lowest BCUT2D eigenvalue weighted by Gasteiger charge is -2.23. The Morgan fingerprint density at radius 2 is 2.07 bits per heavy atom. The highest BCUT2D eigenvalue weighted by Gasteiger charge is 2.15. The van der Waals surface area contributed by atoms with E-state index in [-0.39, 0.29) is 6.04 Å². The van der Waals surface area contributed by atoms with Gasteiger partial charge in [0.15, 0.2) is 0 Å². The standard InChI is InChI=1S/C12H22N2/c1-4-12(5-2)13-11(3)10-14-8-6-7-9-14/h1,11-13H,5-10H2,2-3H3. The van der Waals surface area contributed by atoms with Crippen molar-refractivity contribution < 1.29 is 0 Å². The molecular weight excluding hydrogens is 172 g/mol. The van der Waals surface area contributed by atoms with E-state index in [0.717, 1.165) is 13.0 Å². The average molecular weight is 194 g/mol. The maximum Gasteiger partial charge on any atom is 0.0686 e. The quantitative estimate of drug-likeness (QED) is 0.667. The normalized spacial score (nSPS) is 21.8. The summed E-state index contributed by atoms with van der Waals surface area (Å²) in [5.41, 5.74) is 0. The zero-order valence-electron chi connectivity index (χ0n) is 9.42. The van der Waals surface area contributed by atoms with Crippen LogP contribution in [0.3, 0.4) is 0 Å². The van der Waals surface area contributed by atoms with Crippen LogP contribution in [0.2, 0.25) is 0 Å². The number of hydrogen-bond acceptors (Lipinski definition) is 2. The molecular formula is C12H22N2. The van der Waals surface area contributed by atoms with Gasteiger partial charge in [0, 0.05) is 12.6 Å². The van der Waals surface area contributed by atoms with Crippen molar-refractivity contribution >= 4 is 0 Å². The number of likely N-dealkylation sites (tertiary alicyclic amines) is 1. The summed E-state index contributed by atoms with van der Waals surface area (Å²) >= 11 is 0. The lowest BCUT2D eigenvalue weighted by atomic mass is 10.2. The summed E-state index contributed by atoms with van der Waals surface area (Å²) in [6, 6.07) is 0.752. The molecule has 2 nitrogen and oxygen atoms in total. The largest absolute Gasteiger partial charge is 0.302 e. The minimum atomic E-state index is 0.243. The molecule has 80 valence electrons. The Morgan fingerprint density at radius 3 is 2.57 bits per heavy atom. The summed E-state index contributed by atoms with van der Waals surface area (Å²) in [6.07, 6.45) is 9.15. The Hall–Kier alpha value is -0.520. The molecule has 2 heteroatoms. The smallest absolute Gasteiger partial charge is 0.0686 e. The third kappa shape index (κ3) is 3.69. The van der Waals surface area contributed by atoms with Gasteiger partial charge in [-0.15, -0.1) is 6.42 Å². The Morgan fingerprint density at radius 1 is 1.43 bits per heavy atom. The summed E-state index contributed by atoms with van der Waals surface area (Å²) < 4.78 is 0. The molecule has 1 N–H and O–H groups in total. The SMILES string of the molecule is C#CC(CC)NC(C)CN1CCCC1. The van der Waals surface area contributed by atoms with Crippen LogP contribution in [0.25, 0.3) is 0 Å². The molecule has 2 atom stereocenters. The van der Waals surface area contributed by atoms with Crippen molar-refractivity contribution in [3.05, 3.63) is 0 Å². The topological polar surface area (TPSA) is 15.3 Å². The molecule has 0 aromatic carbocycles. The van der Waals surface area contributed by atoms with Gasteiger partial charge in [-0.2, -0.15) is 0 Å². The highest BCUT2D eigenvalue weighted by Crippen LogP contribution is 2.07. The zero-order chi connectivity index (χ0) is 10.4. The average Bonchev–Trinajstić information content (AvgIpc) is 2.66. The molecule has 1 heterocycles. The van der Waals surface area contributed by atoms with Gasteiger partial charge in [-0.05, 0) is 39.3 Å². The molecule has 0 radical (unpaired) electrons. The first-order valence-electron chi connectivity index (χ1n) is 5.70. The molecule has 0 saturated carbocycles. The van der Waals surface area contributed by atoms with Crippen LogP contribution in [0.5, 0.6) is 0 Å². The summed E-state index contributed by atoms with van der Waals surface area (Å²) in [5, 5.41) is 3.47. The highest BCUT2D eigenvalue weighted by atomic mass is 15.2. The molecule has 1 rings (SSSR count). The molecule has 0 aromatic heterocycles. The van der Waals surface area contributed by atoms with E-state index in [9.17, 15) is 0 Å².